The van der Waals surface area contributed by atoms with Crippen LogP contribution in [0.2, 0.25) is 0 Å². The molecule has 1 fully saturated rings. The lowest BCUT2D eigenvalue weighted by molar-refractivity contribution is 0.280. The molecule has 3 nitrogen and oxygen atoms in total. The molecule has 1 heterocycles. The second-order valence-corrected chi connectivity index (χ2v) is 3.34. The Kier molecular flexibility index (Phi) is 3.37. The van der Waals surface area contributed by atoms with Gasteiger partial charge in [0.05, 0.1) is 6.61 Å². The highest BCUT2D eigenvalue weighted by molar-refractivity contribution is 6.31. The minimum atomic E-state index is 0.264. The minimum Gasteiger partial charge on any atom is -0.477 e. The first-order valence-corrected chi connectivity index (χ1v) is 4.50. The van der Waals surface area contributed by atoms with E-state index in [1.165, 1.54) is 0 Å². The number of rotatable bonds is 1. The summed E-state index contributed by atoms with van der Waals surface area (Å²) >= 11 is 5.70. The van der Waals surface area contributed by atoms with Crippen molar-refractivity contribution in [3.05, 3.63) is 23.0 Å². The standard InChI is InChI=1S/C9H13ClN2O/c1-6(2)12-9-7(8(10)11)4-3-5-13-9/h1,3-5,11H2,2H3/b8-7-,12-9+. The van der Waals surface area contributed by atoms with Crippen molar-refractivity contribution >= 4 is 17.5 Å². The molecule has 0 amide bonds. The fourth-order valence-electron chi connectivity index (χ4n) is 1.11. The van der Waals surface area contributed by atoms with Crippen molar-refractivity contribution in [1.29, 1.82) is 0 Å². The van der Waals surface area contributed by atoms with Gasteiger partial charge in [-0.3, -0.25) is 0 Å². The normalized spacial score (nSPS) is 24.0. The van der Waals surface area contributed by atoms with Crippen LogP contribution in [0, 0.1) is 0 Å². The zero-order valence-corrected chi connectivity index (χ0v) is 8.40. The molecule has 0 radical (unpaired) electrons. The minimum absolute atomic E-state index is 0.264. The van der Waals surface area contributed by atoms with Crippen LogP contribution in [0.3, 0.4) is 0 Å². The van der Waals surface area contributed by atoms with Crippen LogP contribution in [-0.2, 0) is 4.74 Å². The average Bonchev–Trinajstić information content (AvgIpc) is 2.03. The molecule has 0 atom stereocenters. The van der Waals surface area contributed by atoms with Gasteiger partial charge in [-0.1, -0.05) is 18.2 Å². The molecule has 1 aliphatic heterocycles. The van der Waals surface area contributed by atoms with E-state index in [2.05, 4.69) is 11.6 Å². The Bertz CT molecular complexity index is 277. The van der Waals surface area contributed by atoms with E-state index >= 15 is 0 Å². The number of allylic oxidation sites excluding steroid dienone is 1. The third-order valence-corrected chi connectivity index (χ3v) is 1.88. The maximum Gasteiger partial charge on any atom is 0.219 e. The Morgan fingerprint density at radius 3 is 2.92 bits per heavy atom. The zero-order chi connectivity index (χ0) is 9.84. The van der Waals surface area contributed by atoms with E-state index in [1.807, 2.05) is 0 Å². The van der Waals surface area contributed by atoms with E-state index in [0.717, 1.165) is 18.4 Å². The number of halogens is 1. The van der Waals surface area contributed by atoms with Gasteiger partial charge in [0.15, 0.2) is 0 Å². The monoisotopic (exact) mass is 200 g/mol. The lowest BCUT2D eigenvalue weighted by Gasteiger charge is -2.18. The highest BCUT2D eigenvalue weighted by Gasteiger charge is 2.17. The molecule has 0 spiro atoms. The average molecular weight is 201 g/mol. The van der Waals surface area contributed by atoms with Crippen LogP contribution < -0.4 is 5.73 Å². The van der Waals surface area contributed by atoms with Gasteiger partial charge in [-0.25, -0.2) is 4.99 Å². The largest absolute Gasteiger partial charge is 0.477 e. The van der Waals surface area contributed by atoms with Crippen molar-refractivity contribution in [2.24, 2.45) is 10.7 Å². The van der Waals surface area contributed by atoms with Crippen molar-refractivity contribution < 1.29 is 4.74 Å². The van der Waals surface area contributed by atoms with E-state index in [4.69, 9.17) is 22.1 Å². The van der Waals surface area contributed by atoms with Gasteiger partial charge in [0.25, 0.3) is 0 Å². The van der Waals surface area contributed by atoms with Crippen LogP contribution in [0.5, 0.6) is 0 Å². The molecule has 0 saturated carbocycles. The molecule has 2 N–H and O–H groups in total. The number of hydrogen-bond acceptors (Lipinski definition) is 3. The number of nitrogens with two attached hydrogens (primary N) is 1. The third kappa shape index (κ3) is 2.77. The Balaban J connectivity index is 2.93. The number of ether oxygens (including phenoxy) is 1. The summed E-state index contributed by atoms with van der Waals surface area (Å²) in [4.78, 5) is 4.12. The lowest BCUT2D eigenvalue weighted by atomic mass is 10.1. The van der Waals surface area contributed by atoms with Crippen molar-refractivity contribution in [1.82, 2.24) is 0 Å². The van der Waals surface area contributed by atoms with Crippen molar-refractivity contribution in [3.8, 4) is 0 Å². The van der Waals surface area contributed by atoms with Gasteiger partial charge in [-0.15, -0.1) is 0 Å². The number of hydrogen-bond donors (Lipinski definition) is 1. The first-order valence-electron chi connectivity index (χ1n) is 4.12. The second kappa shape index (κ2) is 4.33. The first-order chi connectivity index (χ1) is 6.11. The van der Waals surface area contributed by atoms with Gasteiger partial charge in [0, 0.05) is 11.3 Å². The summed E-state index contributed by atoms with van der Waals surface area (Å²) in [5.74, 6) is 0.520. The highest BCUT2D eigenvalue weighted by atomic mass is 35.5. The number of nitrogens with zero attached hydrogens (tertiary/aromatic N) is 1. The van der Waals surface area contributed by atoms with Crippen molar-refractivity contribution in [3.63, 3.8) is 0 Å². The Labute approximate surface area is 82.9 Å². The zero-order valence-electron chi connectivity index (χ0n) is 7.64. The maximum absolute atomic E-state index is 5.70. The van der Waals surface area contributed by atoms with Gasteiger partial charge in [0.1, 0.15) is 5.16 Å². The molecule has 0 aliphatic carbocycles. The summed E-state index contributed by atoms with van der Waals surface area (Å²) in [6.45, 7) is 6.13. The topological polar surface area (TPSA) is 47.6 Å². The van der Waals surface area contributed by atoms with Crippen LogP contribution in [0.15, 0.2) is 28.0 Å². The summed E-state index contributed by atoms with van der Waals surface area (Å²) in [5.41, 5.74) is 6.96. The molecular formula is C9H13ClN2O. The molecule has 4 heteroatoms. The van der Waals surface area contributed by atoms with E-state index in [-0.39, 0.29) is 5.16 Å². The van der Waals surface area contributed by atoms with Crippen LogP contribution in [0.1, 0.15) is 19.8 Å². The molecule has 0 aromatic carbocycles. The molecule has 0 unspecified atom stereocenters. The summed E-state index contributed by atoms with van der Waals surface area (Å²) in [6, 6.07) is 0. The molecule has 1 saturated heterocycles. The van der Waals surface area contributed by atoms with E-state index < -0.39 is 0 Å². The smallest absolute Gasteiger partial charge is 0.219 e. The van der Waals surface area contributed by atoms with Gasteiger partial charge in [-0.2, -0.15) is 0 Å². The van der Waals surface area contributed by atoms with Crippen LogP contribution in [-0.4, -0.2) is 12.5 Å². The Morgan fingerprint density at radius 1 is 1.69 bits per heavy atom. The summed E-state index contributed by atoms with van der Waals surface area (Å²) in [5, 5.41) is 0.264. The summed E-state index contributed by atoms with van der Waals surface area (Å²) in [6.07, 6.45) is 1.75. The van der Waals surface area contributed by atoms with E-state index in [9.17, 15) is 0 Å². The first kappa shape index (κ1) is 10.1. The fourth-order valence-corrected chi connectivity index (χ4v) is 1.28. The second-order valence-electron chi connectivity index (χ2n) is 2.93. The van der Waals surface area contributed by atoms with Gasteiger partial charge in [-0.05, 0) is 19.8 Å². The molecule has 0 aromatic heterocycles. The molecule has 1 aliphatic rings. The molecule has 1 rings (SSSR count). The number of aliphatic imine (C=N–C) groups is 1. The predicted molar refractivity (Wildman–Crippen MR) is 54.5 cm³/mol. The predicted octanol–water partition coefficient (Wildman–Crippen LogP) is 2.14. The molecule has 13 heavy (non-hydrogen) atoms. The van der Waals surface area contributed by atoms with E-state index in [0.29, 0.717) is 18.2 Å². The Morgan fingerprint density at radius 2 is 2.38 bits per heavy atom. The van der Waals surface area contributed by atoms with E-state index in [1.54, 1.807) is 6.92 Å². The van der Waals surface area contributed by atoms with Crippen LogP contribution in [0.25, 0.3) is 0 Å². The molecule has 72 valence electrons. The van der Waals surface area contributed by atoms with Crippen LogP contribution >= 0.6 is 11.6 Å². The molecular weight excluding hydrogens is 188 g/mol. The lowest BCUT2D eigenvalue weighted by Crippen LogP contribution is -2.18. The SMILES string of the molecule is C=C(C)/N=C1/OCCC/C1=C(/N)Cl. The fraction of sp³-hybridized carbons (Fsp3) is 0.444. The third-order valence-electron chi connectivity index (χ3n) is 1.65. The van der Waals surface area contributed by atoms with Crippen molar-refractivity contribution in [2.45, 2.75) is 19.8 Å². The summed E-state index contributed by atoms with van der Waals surface area (Å²) < 4.78 is 5.33. The van der Waals surface area contributed by atoms with Gasteiger partial charge in [0.2, 0.25) is 5.90 Å². The van der Waals surface area contributed by atoms with Gasteiger partial charge < -0.3 is 10.5 Å². The maximum atomic E-state index is 5.70. The van der Waals surface area contributed by atoms with Crippen LogP contribution in [0.4, 0.5) is 0 Å². The highest BCUT2D eigenvalue weighted by Crippen LogP contribution is 2.19. The Hall–Kier alpha value is -0.960. The van der Waals surface area contributed by atoms with Gasteiger partial charge >= 0.3 is 0 Å². The quantitative estimate of drug-likeness (QED) is 0.660. The molecule has 0 bridgehead atoms. The van der Waals surface area contributed by atoms with Crippen molar-refractivity contribution in [2.75, 3.05) is 6.61 Å². The molecule has 0 aromatic rings. The summed E-state index contributed by atoms with van der Waals surface area (Å²) in [7, 11) is 0.